The van der Waals surface area contributed by atoms with Crippen LogP contribution in [0.25, 0.3) is 16.6 Å². The summed E-state index contributed by atoms with van der Waals surface area (Å²) in [6.07, 6.45) is 3.78. The van der Waals surface area contributed by atoms with Crippen molar-refractivity contribution in [1.82, 2.24) is 10.3 Å². The summed E-state index contributed by atoms with van der Waals surface area (Å²) >= 11 is 2.35. The van der Waals surface area contributed by atoms with Crippen molar-refractivity contribution < 1.29 is 0 Å². The van der Waals surface area contributed by atoms with Gasteiger partial charge in [0.05, 0.1) is 11.6 Å². The molecule has 3 nitrogen and oxygen atoms in total. The van der Waals surface area contributed by atoms with Crippen molar-refractivity contribution in [3.8, 4) is 6.07 Å². The van der Waals surface area contributed by atoms with Gasteiger partial charge in [-0.05, 0) is 82.0 Å². The summed E-state index contributed by atoms with van der Waals surface area (Å²) in [5.41, 5.74) is 7.47. The summed E-state index contributed by atoms with van der Waals surface area (Å²) in [7, 11) is 0. The highest BCUT2D eigenvalue weighted by Gasteiger charge is 2.06. The van der Waals surface area contributed by atoms with E-state index in [1.807, 2.05) is 24.3 Å². The zero-order chi connectivity index (χ0) is 20.9. The molecular formula is C26H22IN3. The second-order valence-electron chi connectivity index (χ2n) is 7.30. The fourth-order valence-corrected chi connectivity index (χ4v) is 4.13. The van der Waals surface area contributed by atoms with Gasteiger partial charge in [0.2, 0.25) is 0 Å². The zero-order valence-electron chi connectivity index (χ0n) is 16.6. The Balaban J connectivity index is 1.36. The summed E-state index contributed by atoms with van der Waals surface area (Å²) in [4.78, 5) is 3.35. The first kappa shape index (κ1) is 20.2. The van der Waals surface area contributed by atoms with E-state index in [9.17, 15) is 5.26 Å². The molecule has 0 aliphatic carbocycles. The molecule has 0 atom stereocenters. The van der Waals surface area contributed by atoms with Crippen molar-refractivity contribution in [2.24, 2.45) is 0 Å². The van der Waals surface area contributed by atoms with Gasteiger partial charge in [-0.2, -0.15) is 5.26 Å². The van der Waals surface area contributed by atoms with Crippen molar-refractivity contribution in [1.29, 1.82) is 5.26 Å². The first-order valence-electron chi connectivity index (χ1n) is 9.89. The van der Waals surface area contributed by atoms with E-state index in [0.717, 1.165) is 41.8 Å². The molecule has 0 fully saturated rings. The molecule has 148 valence electrons. The number of hydrogen-bond donors (Lipinski definition) is 2. The zero-order valence-corrected chi connectivity index (χ0v) is 18.7. The van der Waals surface area contributed by atoms with E-state index >= 15 is 0 Å². The quantitative estimate of drug-likeness (QED) is 0.302. The average Bonchev–Trinajstić information content (AvgIpc) is 3.16. The normalized spacial score (nSPS) is 10.7. The van der Waals surface area contributed by atoms with Gasteiger partial charge >= 0.3 is 0 Å². The van der Waals surface area contributed by atoms with Crippen molar-refractivity contribution in [2.75, 3.05) is 6.54 Å². The number of benzene rings is 3. The van der Waals surface area contributed by atoms with E-state index in [4.69, 9.17) is 0 Å². The molecule has 4 heteroatoms. The van der Waals surface area contributed by atoms with Gasteiger partial charge in [-0.15, -0.1) is 0 Å². The van der Waals surface area contributed by atoms with E-state index < -0.39 is 0 Å². The number of nitrogens with zero attached hydrogens (tertiary/aromatic N) is 1. The van der Waals surface area contributed by atoms with Crippen molar-refractivity contribution in [3.05, 3.63) is 111 Å². The minimum Gasteiger partial charge on any atom is -0.385 e. The van der Waals surface area contributed by atoms with E-state index in [1.54, 1.807) is 0 Å². The Hall–Kier alpha value is -3.04. The van der Waals surface area contributed by atoms with Crippen LogP contribution in [0, 0.1) is 14.9 Å². The third-order valence-electron chi connectivity index (χ3n) is 5.30. The van der Waals surface area contributed by atoms with Crippen LogP contribution in [0.1, 0.15) is 27.8 Å². The van der Waals surface area contributed by atoms with Crippen molar-refractivity contribution in [3.63, 3.8) is 0 Å². The van der Waals surface area contributed by atoms with Gasteiger partial charge in [0.25, 0.3) is 0 Å². The Morgan fingerprint density at radius 2 is 1.83 bits per heavy atom. The topological polar surface area (TPSA) is 51.6 Å². The maximum Gasteiger partial charge on any atom is 0.0994 e. The van der Waals surface area contributed by atoms with Crippen molar-refractivity contribution >= 4 is 39.2 Å². The molecule has 0 radical (unpaired) electrons. The molecule has 0 aliphatic heterocycles. The SMILES string of the molecule is C=C(NCCc1c[nH]c2ccc(I)cc12)c1ccc(Cc2ccccc2C#N)cc1. The molecule has 4 aromatic rings. The highest BCUT2D eigenvalue weighted by molar-refractivity contribution is 14.1. The Kier molecular flexibility index (Phi) is 6.20. The molecule has 4 rings (SSSR count). The molecule has 0 bridgehead atoms. The van der Waals surface area contributed by atoms with Crippen LogP contribution in [0.15, 0.2) is 79.5 Å². The molecule has 0 aliphatic rings. The smallest absolute Gasteiger partial charge is 0.0994 e. The third-order valence-corrected chi connectivity index (χ3v) is 5.97. The number of rotatable bonds is 7. The molecule has 1 heterocycles. The van der Waals surface area contributed by atoms with Crippen LogP contribution < -0.4 is 5.32 Å². The first-order chi connectivity index (χ1) is 14.6. The minimum atomic E-state index is 0.736. The Labute approximate surface area is 190 Å². The monoisotopic (exact) mass is 503 g/mol. The lowest BCUT2D eigenvalue weighted by molar-refractivity contribution is 0.853. The average molecular weight is 503 g/mol. The van der Waals surface area contributed by atoms with Crippen LogP contribution in [0.5, 0.6) is 0 Å². The number of hydrogen-bond acceptors (Lipinski definition) is 2. The van der Waals surface area contributed by atoms with Crippen LogP contribution in [-0.4, -0.2) is 11.5 Å². The number of fused-ring (bicyclic) bond motifs is 1. The first-order valence-corrected chi connectivity index (χ1v) is 11.0. The number of nitrogens with one attached hydrogen (secondary N) is 2. The summed E-state index contributed by atoms with van der Waals surface area (Å²) in [6, 6.07) is 24.9. The van der Waals surface area contributed by atoms with Gasteiger partial charge in [-0.3, -0.25) is 0 Å². The molecule has 0 saturated carbocycles. The fraction of sp³-hybridized carbons (Fsp3) is 0.115. The molecular weight excluding hydrogens is 481 g/mol. The number of aromatic amines is 1. The lowest BCUT2D eigenvalue weighted by Gasteiger charge is -2.11. The number of aromatic nitrogens is 1. The Morgan fingerprint density at radius 1 is 1.03 bits per heavy atom. The number of nitriles is 1. The number of halogens is 1. The lowest BCUT2D eigenvalue weighted by atomic mass is 9.99. The highest BCUT2D eigenvalue weighted by Crippen LogP contribution is 2.21. The summed E-state index contributed by atoms with van der Waals surface area (Å²) in [6.45, 7) is 5.03. The Morgan fingerprint density at radius 3 is 2.63 bits per heavy atom. The van der Waals surface area contributed by atoms with E-state index in [1.165, 1.54) is 25.6 Å². The van der Waals surface area contributed by atoms with Crippen LogP contribution in [0.3, 0.4) is 0 Å². The highest BCUT2D eigenvalue weighted by atomic mass is 127. The predicted octanol–water partition coefficient (Wildman–Crippen LogP) is 6.04. The van der Waals surface area contributed by atoms with E-state index in [0.29, 0.717) is 0 Å². The summed E-state index contributed by atoms with van der Waals surface area (Å²) in [5.74, 6) is 0. The maximum atomic E-state index is 9.26. The largest absolute Gasteiger partial charge is 0.385 e. The van der Waals surface area contributed by atoms with Crippen LogP contribution in [-0.2, 0) is 12.8 Å². The van der Waals surface area contributed by atoms with Gasteiger partial charge in [-0.1, -0.05) is 49.0 Å². The van der Waals surface area contributed by atoms with Gasteiger partial charge in [0.1, 0.15) is 0 Å². The third kappa shape index (κ3) is 4.58. The van der Waals surface area contributed by atoms with Crippen molar-refractivity contribution in [2.45, 2.75) is 12.8 Å². The summed E-state index contributed by atoms with van der Waals surface area (Å²) in [5, 5.41) is 14.0. The second kappa shape index (κ2) is 9.19. The molecule has 0 unspecified atom stereocenters. The molecule has 0 spiro atoms. The van der Waals surface area contributed by atoms with E-state index in [2.05, 4.69) is 94.2 Å². The molecule has 3 aromatic carbocycles. The second-order valence-corrected chi connectivity index (χ2v) is 8.55. The van der Waals surface area contributed by atoms with Crippen LogP contribution >= 0.6 is 22.6 Å². The van der Waals surface area contributed by atoms with Gasteiger partial charge in [-0.25, -0.2) is 0 Å². The lowest BCUT2D eigenvalue weighted by Crippen LogP contribution is -2.15. The predicted molar refractivity (Wildman–Crippen MR) is 132 cm³/mol. The van der Waals surface area contributed by atoms with Gasteiger partial charge in [0, 0.05) is 32.9 Å². The minimum absolute atomic E-state index is 0.736. The van der Waals surface area contributed by atoms with Gasteiger partial charge < -0.3 is 10.3 Å². The van der Waals surface area contributed by atoms with Gasteiger partial charge in [0.15, 0.2) is 0 Å². The Bertz CT molecular complexity index is 1230. The molecule has 30 heavy (non-hydrogen) atoms. The molecule has 1 aromatic heterocycles. The fourth-order valence-electron chi connectivity index (χ4n) is 3.63. The molecule has 0 saturated heterocycles. The van der Waals surface area contributed by atoms with Crippen LogP contribution in [0.4, 0.5) is 0 Å². The molecule has 2 N–H and O–H groups in total. The standard InChI is InChI=1S/C26H22IN3/c1-18(29-13-12-23-17-30-26-11-10-24(27)15-25(23)26)20-8-6-19(7-9-20)14-21-4-2-3-5-22(21)16-28/h2-11,15,17,29-30H,1,12-14H2. The molecule has 0 amide bonds. The van der Waals surface area contributed by atoms with Crippen LogP contribution in [0.2, 0.25) is 0 Å². The maximum absolute atomic E-state index is 9.26. The number of H-pyrrole nitrogens is 1. The summed E-state index contributed by atoms with van der Waals surface area (Å²) < 4.78 is 1.25. The van der Waals surface area contributed by atoms with E-state index in [-0.39, 0.29) is 0 Å².